The van der Waals surface area contributed by atoms with Gasteiger partial charge in [0, 0.05) is 0 Å². The molecule has 2 amide bonds. The molecule has 0 unspecified atom stereocenters. The number of fused-ring (bicyclic) bond motifs is 1. The van der Waals surface area contributed by atoms with E-state index in [2.05, 4.69) is 11.9 Å². The van der Waals surface area contributed by atoms with Crippen LogP contribution in [0.25, 0.3) is 0 Å². The number of rotatable bonds is 2. The standard InChI is InChI=1S/C15H12N2O2S.W/c1-10(8-12-9-16-15(19)20-12)14(18)17-7-6-11-4-2-3-5-13(11)17;/h2-5,8H,1,6-7H2,(H,16,19);/b12-8+;. The van der Waals surface area contributed by atoms with Gasteiger partial charge in [-0.1, -0.05) is 0 Å². The van der Waals surface area contributed by atoms with E-state index in [1.807, 2.05) is 24.3 Å². The molecule has 2 aliphatic rings. The quantitative estimate of drug-likeness (QED) is 0.678. The van der Waals surface area contributed by atoms with Crippen molar-refractivity contribution >= 4 is 32.6 Å². The van der Waals surface area contributed by atoms with Crippen LogP contribution in [0.3, 0.4) is 0 Å². The Kier molecular flexibility index (Phi) is 3.96. The third-order valence-corrected chi connectivity index (χ3v) is 5.85. The molecule has 21 heavy (non-hydrogen) atoms. The van der Waals surface area contributed by atoms with Crippen LogP contribution in [0.4, 0.5) is 10.5 Å². The van der Waals surface area contributed by atoms with Gasteiger partial charge < -0.3 is 0 Å². The first-order valence-corrected chi connectivity index (χ1v) is 8.68. The fraction of sp³-hybridized carbons (Fsp3) is 0.133. The number of carbonyl (C=O) groups is 2. The number of amides is 2. The summed E-state index contributed by atoms with van der Waals surface area (Å²) in [7, 11) is 0. The zero-order valence-corrected chi connectivity index (χ0v) is 14.8. The fourth-order valence-electron chi connectivity index (χ4n) is 2.36. The first kappa shape index (κ1) is 14.5. The number of nitrogens with zero attached hydrogens (tertiary/aromatic N) is 1. The van der Waals surface area contributed by atoms with Crippen LogP contribution in [0.2, 0.25) is 0 Å². The van der Waals surface area contributed by atoms with Crippen LogP contribution in [-0.4, -0.2) is 21.7 Å². The summed E-state index contributed by atoms with van der Waals surface area (Å²) in [5.74, 6) is -0.102. The van der Waals surface area contributed by atoms with E-state index >= 15 is 0 Å². The number of nitrogens with one attached hydrogen (secondary N) is 1. The third kappa shape index (κ3) is 2.81. The molecule has 2 aliphatic heterocycles. The number of para-hydroxylation sites is 1. The Balaban J connectivity index is 1.81. The second-order valence-electron chi connectivity index (χ2n) is 4.71. The van der Waals surface area contributed by atoms with Crippen LogP contribution in [0.15, 0.2) is 47.4 Å². The van der Waals surface area contributed by atoms with E-state index in [0.717, 1.165) is 32.8 Å². The van der Waals surface area contributed by atoms with Crippen molar-refractivity contribution in [3.63, 3.8) is 0 Å². The Bertz CT molecular complexity index is 711. The summed E-state index contributed by atoms with van der Waals surface area (Å²) < 4.78 is 0.848. The number of benzene rings is 1. The van der Waals surface area contributed by atoms with Gasteiger partial charge in [-0.15, -0.1) is 0 Å². The minimum atomic E-state index is -0.102. The molecule has 0 aliphatic carbocycles. The van der Waals surface area contributed by atoms with Crippen molar-refractivity contribution in [3.8, 4) is 0 Å². The van der Waals surface area contributed by atoms with Gasteiger partial charge in [0.15, 0.2) is 0 Å². The molecule has 1 aromatic carbocycles. The maximum absolute atomic E-state index is 12.5. The molecule has 0 spiro atoms. The Hall–Kier alpha value is -1.45. The first-order chi connectivity index (χ1) is 10.1. The van der Waals surface area contributed by atoms with Crippen LogP contribution in [0.5, 0.6) is 0 Å². The van der Waals surface area contributed by atoms with Crippen LogP contribution < -0.4 is 10.2 Å². The van der Waals surface area contributed by atoms with Gasteiger partial charge in [0.2, 0.25) is 0 Å². The van der Waals surface area contributed by atoms with Crippen LogP contribution in [0.1, 0.15) is 5.56 Å². The number of anilines is 1. The van der Waals surface area contributed by atoms with Gasteiger partial charge in [-0.3, -0.25) is 0 Å². The predicted molar refractivity (Wildman–Crippen MR) is 80.9 cm³/mol. The number of hydrogen-bond donors (Lipinski definition) is 1. The van der Waals surface area contributed by atoms with E-state index in [1.165, 1.54) is 24.9 Å². The average Bonchev–Trinajstić information content (AvgIpc) is 3.01. The normalized spacial score (nSPS) is 18.9. The SMILES string of the molecule is C=C(/C=C1/SC(=O)N[C]1=[W])C(=O)N1CCc2ccccc21. The summed E-state index contributed by atoms with van der Waals surface area (Å²) in [6.07, 6.45) is 2.57. The monoisotopic (exact) mass is 468 g/mol. The van der Waals surface area contributed by atoms with E-state index < -0.39 is 0 Å². The summed E-state index contributed by atoms with van der Waals surface area (Å²) in [6, 6.07) is 7.91. The minimum absolute atomic E-state index is 0.0991. The molecule has 1 fully saturated rings. The molecule has 0 saturated carbocycles. The van der Waals surface area contributed by atoms with Crippen molar-refractivity contribution in [1.82, 2.24) is 5.32 Å². The second-order valence-corrected chi connectivity index (χ2v) is 7.19. The average molecular weight is 468 g/mol. The summed E-state index contributed by atoms with van der Waals surface area (Å²) in [5.41, 5.74) is 2.55. The molecular weight excluding hydrogens is 456 g/mol. The van der Waals surface area contributed by atoms with Crippen molar-refractivity contribution in [2.75, 3.05) is 11.4 Å². The van der Waals surface area contributed by atoms with Crippen molar-refractivity contribution in [3.05, 3.63) is 53.0 Å². The Morgan fingerprint density at radius 1 is 1.43 bits per heavy atom. The van der Waals surface area contributed by atoms with Gasteiger partial charge in [0.25, 0.3) is 0 Å². The van der Waals surface area contributed by atoms with Crippen LogP contribution >= 0.6 is 11.8 Å². The third-order valence-electron chi connectivity index (χ3n) is 3.35. The predicted octanol–water partition coefficient (Wildman–Crippen LogP) is 2.15. The van der Waals surface area contributed by atoms with Gasteiger partial charge >= 0.3 is 138 Å². The van der Waals surface area contributed by atoms with Gasteiger partial charge in [-0.2, -0.15) is 0 Å². The molecule has 1 aromatic rings. The summed E-state index contributed by atoms with van der Waals surface area (Å²) >= 11 is 2.28. The molecular formula is C15H12N2O2SW. The molecule has 4 nitrogen and oxygen atoms in total. The Morgan fingerprint density at radius 2 is 2.19 bits per heavy atom. The molecule has 2 heterocycles. The van der Waals surface area contributed by atoms with E-state index in [4.69, 9.17) is 0 Å². The van der Waals surface area contributed by atoms with Crippen LogP contribution in [-0.2, 0) is 30.6 Å². The molecule has 1 N–H and O–H groups in total. The van der Waals surface area contributed by atoms with E-state index in [-0.39, 0.29) is 11.1 Å². The number of hydrogen-bond acceptors (Lipinski definition) is 3. The summed E-state index contributed by atoms with van der Waals surface area (Å²) in [4.78, 5) is 26.4. The second kappa shape index (κ2) is 5.74. The van der Waals surface area contributed by atoms with Gasteiger partial charge in [0.05, 0.1) is 0 Å². The van der Waals surface area contributed by atoms with Crippen molar-refractivity contribution in [2.45, 2.75) is 6.42 Å². The van der Waals surface area contributed by atoms with Crippen molar-refractivity contribution in [2.24, 2.45) is 0 Å². The zero-order valence-electron chi connectivity index (χ0n) is 11.1. The number of carbonyl (C=O) groups excluding carboxylic acids is 2. The van der Waals surface area contributed by atoms with E-state index in [0.29, 0.717) is 12.1 Å². The molecule has 0 aromatic heterocycles. The molecule has 0 atom stereocenters. The van der Waals surface area contributed by atoms with E-state index in [9.17, 15) is 9.59 Å². The maximum atomic E-state index is 12.5. The topological polar surface area (TPSA) is 49.4 Å². The number of thioether (sulfide) groups is 1. The molecule has 1 saturated heterocycles. The molecule has 106 valence electrons. The van der Waals surface area contributed by atoms with Gasteiger partial charge in [-0.25, -0.2) is 0 Å². The molecule has 3 rings (SSSR count). The fourth-order valence-corrected chi connectivity index (χ4v) is 4.31. The zero-order chi connectivity index (χ0) is 15.0. The summed E-state index contributed by atoms with van der Waals surface area (Å²) in [6.45, 7) is 4.55. The first-order valence-electron chi connectivity index (χ1n) is 6.40. The molecule has 0 bridgehead atoms. The van der Waals surface area contributed by atoms with Gasteiger partial charge in [0.1, 0.15) is 0 Å². The van der Waals surface area contributed by atoms with Crippen molar-refractivity contribution < 1.29 is 28.9 Å². The van der Waals surface area contributed by atoms with Gasteiger partial charge in [-0.05, 0) is 0 Å². The van der Waals surface area contributed by atoms with Crippen LogP contribution in [0, 0.1) is 0 Å². The molecule has 0 radical (unpaired) electrons. The Morgan fingerprint density at radius 3 is 2.90 bits per heavy atom. The summed E-state index contributed by atoms with van der Waals surface area (Å²) in [5, 5.41) is 2.64. The van der Waals surface area contributed by atoms with Crippen molar-refractivity contribution in [1.29, 1.82) is 0 Å². The van der Waals surface area contributed by atoms with E-state index in [1.54, 1.807) is 11.0 Å². The Labute approximate surface area is 137 Å². The molecule has 6 heteroatoms.